The van der Waals surface area contributed by atoms with Gasteiger partial charge in [-0.3, -0.25) is 9.53 Å². The Labute approximate surface area is 189 Å². The highest BCUT2D eigenvalue weighted by Crippen LogP contribution is 2.51. The van der Waals surface area contributed by atoms with Crippen molar-refractivity contribution < 1.29 is 58.2 Å². The molecule has 0 saturated carbocycles. The fraction of sp³-hybridized carbons (Fsp3) is 0.526. The third-order valence-electron chi connectivity index (χ3n) is 4.76. The number of ether oxygens (including phenoxy) is 2. The number of benzene rings is 1. The second-order valence-electron chi connectivity index (χ2n) is 7.08. The van der Waals surface area contributed by atoms with Gasteiger partial charge in [-0.15, -0.1) is 6.58 Å². The standard InChI is InChI=1S/C19H21F10NO3Si/c1-5-10-34(4)13-9-7-8-12(11-13)30(6-2)14(31)15(20,17(22,23)24)33-19(28,29)16(21,32-3)18(25,26)27/h5,7-9,11,34H,1,6,10H2,2-4H3. The molecule has 0 N–H and O–H groups in total. The van der Waals surface area contributed by atoms with Crippen LogP contribution in [0.2, 0.25) is 12.6 Å². The maximum absolute atomic E-state index is 14.9. The van der Waals surface area contributed by atoms with Crippen molar-refractivity contribution in [3.8, 4) is 0 Å². The maximum atomic E-state index is 14.9. The van der Waals surface area contributed by atoms with Crippen LogP contribution in [0, 0.1) is 0 Å². The molecule has 1 aromatic rings. The summed E-state index contributed by atoms with van der Waals surface area (Å²) in [6.07, 6.45) is -18.3. The van der Waals surface area contributed by atoms with E-state index in [-0.39, 0.29) is 17.7 Å². The van der Waals surface area contributed by atoms with Crippen molar-refractivity contribution in [3.63, 3.8) is 0 Å². The van der Waals surface area contributed by atoms with Crippen LogP contribution in [0.25, 0.3) is 0 Å². The van der Waals surface area contributed by atoms with Gasteiger partial charge >= 0.3 is 36.1 Å². The molecule has 0 aliphatic rings. The van der Waals surface area contributed by atoms with Gasteiger partial charge in [0.25, 0.3) is 0 Å². The Morgan fingerprint density at radius 1 is 1.06 bits per heavy atom. The molecule has 194 valence electrons. The van der Waals surface area contributed by atoms with Crippen molar-refractivity contribution in [3.05, 3.63) is 36.9 Å². The molecular weight excluding hydrogens is 508 g/mol. The van der Waals surface area contributed by atoms with E-state index in [1.807, 2.05) is 6.55 Å². The second-order valence-corrected chi connectivity index (χ2v) is 10.0. The number of allylic oxidation sites excluding steroid dienone is 1. The third kappa shape index (κ3) is 5.57. The molecule has 0 radical (unpaired) electrons. The van der Waals surface area contributed by atoms with Gasteiger partial charge in [-0.05, 0) is 25.1 Å². The minimum Gasteiger partial charge on any atom is -0.335 e. The van der Waals surface area contributed by atoms with E-state index in [2.05, 4.69) is 16.1 Å². The highest BCUT2D eigenvalue weighted by Gasteiger charge is 2.79. The molecule has 1 amide bonds. The minimum absolute atomic E-state index is 0.0441. The fourth-order valence-corrected chi connectivity index (χ4v) is 4.53. The van der Waals surface area contributed by atoms with Crippen LogP contribution < -0.4 is 10.1 Å². The molecule has 3 atom stereocenters. The summed E-state index contributed by atoms with van der Waals surface area (Å²) >= 11 is 0. The van der Waals surface area contributed by atoms with Crippen LogP contribution in [-0.2, 0) is 14.3 Å². The van der Waals surface area contributed by atoms with Crippen molar-refractivity contribution in [2.45, 2.75) is 49.7 Å². The van der Waals surface area contributed by atoms with Crippen LogP contribution in [0.3, 0.4) is 0 Å². The van der Waals surface area contributed by atoms with E-state index >= 15 is 0 Å². The number of carbonyl (C=O) groups excluding carboxylic acids is 1. The number of hydrogen-bond donors (Lipinski definition) is 0. The van der Waals surface area contributed by atoms with E-state index in [9.17, 15) is 48.7 Å². The maximum Gasteiger partial charge on any atom is 0.458 e. The van der Waals surface area contributed by atoms with Crippen LogP contribution in [0.5, 0.6) is 0 Å². The summed E-state index contributed by atoms with van der Waals surface area (Å²) in [6.45, 7) is 5.69. The molecule has 0 saturated heterocycles. The Kier molecular flexibility index (Phi) is 9.00. The number of alkyl halides is 10. The molecule has 1 aromatic carbocycles. The van der Waals surface area contributed by atoms with Gasteiger partial charge in [-0.2, -0.15) is 43.9 Å². The Bertz CT molecular complexity index is 879. The Hall–Kier alpha value is -2.13. The van der Waals surface area contributed by atoms with Gasteiger partial charge in [0, 0.05) is 19.3 Å². The molecule has 3 unspecified atom stereocenters. The second kappa shape index (κ2) is 10.2. The average Bonchev–Trinajstić information content (AvgIpc) is 2.71. The van der Waals surface area contributed by atoms with Crippen molar-refractivity contribution in [2.24, 2.45) is 0 Å². The average molecular weight is 529 g/mol. The van der Waals surface area contributed by atoms with E-state index < -0.39 is 51.4 Å². The summed E-state index contributed by atoms with van der Waals surface area (Å²) in [5, 5.41) is 0.575. The molecule has 15 heteroatoms. The van der Waals surface area contributed by atoms with Gasteiger partial charge in [-0.25, -0.2) is 0 Å². The molecule has 0 aliphatic carbocycles. The lowest BCUT2D eigenvalue weighted by Gasteiger charge is -2.38. The molecule has 1 rings (SSSR count). The van der Waals surface area contributed by atoms with Crippen LogP contribution in [0.4, 0.5) is 49.6 Å². The number of amides is 1. The monoisotopic (exact) mass is 529 g/mol. The summed E-state index contributed by atoms with van der Waals surface area (Å²) in [4.78, 5) is 12.6. The van der Waals surface area contributed by atoms with Gasteiger partial charge in [0.15, 0.2) is 0 Å². The van der Waals surface area contributed by atoms with Gasteiger partial charge in [0.05, 0.1) is 8.80 Å². The summed E-state index contributed by atoms with van der Waals surface area (Å²) in [5.41, 5.74) is -0.374. The van der Waals surface area contributed by atoms with E-state index in [0.29, 0.717) is 11.2 Å². The Morgan fingerprint density at radius 3 is 2.03 bits per heavy atom. The number of hydrogen-bond acceptors (Lipinski definition) is 3. The largest absolute Gasteiger partial charge is 0.458 e. The number of likely N-dealkylation sites (N-methyl/N-ethyl adjacent to an activating group) is 1. The molecule has 0 aromatic heterocycles. The topological polar surface area (TPSA) is 38.8 Å². The van der Waals surface area contributed by atoms with E-state index in [0.717, 1.165) is 13.0 Å². The summed E-state index contributed by atoms with van der Waals surface area (Å²) < 4.78 is 141. The third-order valence-corrected chi connectivity index (χ3v) is 7.30. The minimum atomic E-state index is -6.66. The zero-order valence-corrected chi connectivity index (χ0v) is 19.2. The predicted molar refractivity (Wildman–Crippen MR) is 105 cm³/mol. The smallest absolute Gasteiger partial charge is 0.335 e. The lowest BCUT2D eigenvalue weighted by molar-refractivity contribution is -0.492. The fourth-order valence-electron chi connectivity index (χ4n) is 2.87. The quantitative estimate of drug-likeness (QED) is 0.243. The lowest BCUT2D eigenvalue weighted by atomic mass is 10.2. The number of rotatable bonds is 10. The van der Waals surface area contributed by atoms with Crippen LogP contribution in [0.1, 0.15) is 6.92 Å². The van der Waals surface area contributed by atoms with Crippen LogP contribution >= 0.6 is 0 Å². The molecule has 34 heavy (non-hydrogen) atoms. The van der Waals surface area contributed by atoms with Gasteiger partial charge in [0.2, 0.25) is 0 Å². The van der Waals surface area contributed by atoms with Gasteiger partial charge < -0.3 is 9.64 Å². The van der Waals surface area contributed by atoms with Crippen molar-refractivity contribution in [2.75, 3.05) is 18.6 Å². The first-order valence-electron chi connectivity index (χ1n) is 9.50. The zero-order valence-electron chi connectivity index (χ0n) is 18.0. The molecule has 0 aliphatic heterocycles. The normalized spacial score (nSPS) is 17.4. The number of halogens is 10. The van der Waals surface area contributed by atoms with Gasteiger partial charge in [-0.1, -0.05) is 29.9 Å². The number of methoxy groups -OCH3 is 1. The van der Waals surface area contributed by atoms with Gasteiger partial charge in [0.1, 0.15) is 0 Å². The van der Waals surface area contributed by atoms with Crippen molar-refractivity contribution >= 4 is 25.6 Å². The number of nitrogens with zero attached hydrogens (tertiary/aromatic N) is 1. The van der Waals surface area contributed by atoms with E-state index in [4.69, 9.17) is 0 Å². The summed E-state index contributed by atoms with van der Waals surface area (Å²) in [7, 11) is -1.99. The highest BCUT2D eigenvalue weighted by molar-refractivity contribution is 6.72. The molecular formula is C19H21F10NO3Si. The summed E-state index contributed by atoms with van der Waals surface area (Å²) in [6, 6.07) is 5.66. The molecule has 4 nitrogen and oxygen atoms in total. The van der Waals surface area contributed by atoms with E-state index in [1.165, 1.54) is 12.1 Å². The Balaban J connectivity index is 3.57. The van der Waals surface area contributed by atoms with Crippen molar-refractivity contribution in [1.29, 1.82) is 0 Å². The molecule has 0 heterocycles. The summed E-state index contributed by atoms with van der Waals surface area (Å²) in [5.74, 6) is -15.1. The van der Waals surface area contributed by atoms with Crippen LogP contribution in [-0.4, -0.2) is 58.5 Å². The highest BCUT2D eigenvalue weighted by atomic mass is 28.3. The van der Waals surface area contributed by atoms with Crippen molar-refractivity contribution in [1.82, 2.24) is 0 Å². The first kappa shape index (κ1) is 29.9. The van der Waals surface area contributed by atoms with E-state index in [1.54, 1.807) is 12.1 Å². The zero-order chi connectivity index (χ0) is 26.8. The first-order valence-corrected chi connectivity index (χ1v) is 12.0. The number of carbonyl (C=O) groups is 1. The SMILES string of the molecule is C=CC[SiH](C)c1cccc(N(CC)C(=O)C(F)(OC(F)(F)C(F)(OC)C(F)(F)F)C(F)(F)F)c1. The molecule has 0 fully saturated rings. The molecule has 0 bridgehead atoms. The predicted octanol–water partition coefficient (Wildman–Crippen LogP) is 5.00. The van der Waals surface area contributed by atoms with Crippen LogP contribution in [0.15, 0.2) is 36.9 Å². The lowest BCUT2D eigenvalue weighted by Crippen LogP contribution is -2.66. The first-order chi connectivity index (χ1) is 15.3. The molecule has 0 spiro atoms. The Morgan fingerprint density at radius 2 is 1.62 bits per heavy atom. The number of anilines is 1.